The monoisotopic (exact) mass is 294 g/mol. The van der Waals surface area contributed by atoms with Crippen molar-refractivity contribution in [1.29, 1.82) is 0 Å². The van der Waals surface area contributed by atoms with Gasteiger partial charge in [-0.15, -0.1) is 0 Å². The maximum absolute atomic E-state index is 2.28. The molecular formula is C20H30Mg. The molecule has 21 heavy (non-hydrogen) atoms. The molecule has 1 heteroatoms. The summed E-state index contributed by atoms with van der Waals surface area (Å²) < 4.78 is 0. The fraction of sp³-hybridized carbons (Fsp3) is 0.500. The number of rotatable bonds is 4. The van der Waals surface area contributed by atoms with E-state index >= 15 is 0 Å². The molecule has 2 aromatic carbocycles. The smallest absolute Gasteiger partial charge is 0.213 e. The van der Waals surface area contributed by atoms with Crippen molar-refractivity contribution in [3.05, 3.63) is 58.7 Å². The minimum atomic E-state index is 0. The minimum absolute atomic E-state index is 0. The number of aryl methyl sites for hydroxylation is 2. The third kappa shape index (κ3) is 6.00. The van der Waals surface area contributed by atoms with Gasteiger partial charge in [-0.25, -0.2) is 24.3 Å². The van der Waals surface area contributed by atoms with Crippen LogP contribution >= 0.6 is 0 Å². The van der Waals surface area contributed by atoms with E-state index in [0.29, 0.717) is 0 Å². The summed E-state index contributed by atoms with van der Waals surface area (Å²) in [5.74, 6) is 1.46. The molecule has 0 aliphatic carbocycles. The van der Waals surface area contributed by atoms with Gasteiger partial charge in [0.25, 0.3) is 0 Å². The largest absolute Gasteiger partial charge is 2.00 e. The second kappa shape index (κ2) is 10.2. The molecule has 0 spiro atoms. The van der Waals surface area contributed by atoms with Crippen molar-refractivity contribution < 1.29 is 0 Å². The van der Waals surface area contributed by atoms with Crippen LogP contribution < -0.4 is 0 Å². The molecule has 0 fully saturated rings. The SMILES string of the molecule is CCC(C)c1ccc[c-]1C.CCC(C)c1ccc[c-]1C.[Mg+2]. The van der Waals surface area contributed by atoms with Gasteiger partial charge < -0.3 is 0 Å². The van der Waals surface area contributed by atoms with Gasteiger partial charge in [-0.3, -0.25) is 0 Å². The molecule has 0 bridgehead atoms. The molecule has 0 saturated carbocycles. The molecule has 0 aromatic heterocycles. The first-order valence-corrected chi connectivity index (χ1v) is 7.95. The second-order valence-electron chi connectivity index (χ2n) is 5.95. The summed E-state index contributed by atoms with van der Waals surface area (Å²) in [6.07, 6.45) is 2.48. The van der Waals surface area contributed by atoms with Gasteiger partial charge in [0.05, 0.1) is 0 Å². The van der Waals surface area contributed by atoms with Crippen LogP contribution in [0.3, 0.4) is 0 Å². The molecule has 0 heterocycles. The van der Waals surface area contributed by atoms with E-state index in [9.17, 15) is 0 Å². The third-order valence-corrected chi connectivity index (χ3v) is 4.44. The Bertz CT molecular complexity index is 443. The molecule has 2 unspecified atom stereocenters. The second-order valence-corrected chi connectivity index (χ2v) is 5.95. The van der Waals surface area contributed by atoms with Crippen LogP contribution in [0.4, 0.5) is 0 Å². The Morgan fingerprint density at radius 1 is 0.810 bits per heavy atom. The van der Waals surface area contributed by atoms with Gasteiger partial charge in [-0.1, -0.05) is 54.4 Å². The van der Waals surface area contributed by atoms with E-state index in [1.54, 1.807) is 0 Å². The third-order valence-electron chi connectivity index (χ3n) is 4.44. The van der Waals surface area contributed by atoms with Gasteiger partial charge in [0.2, 0.25) is 0 Å². The molecule has 112 valence electrons. The normalized spacial score (nSPS) is 12.9. The van der Waals surface area contributed by atoms with E-state index < -0.39 is 0 Å². The van der Waals surface area contributed by atoms with Crippen LogP contribution in [0.1, 0.15) is 74.6 Å². The predicted octanol–water partition coefficient (Wildman–Crippen LogP) is 6.07. The summed E-state index contributed by atoms with van der Waals surface area (Å²) in [6, 6.07) is 13.1. The first kappa shape index (κ1) is 20.5. The van der Waals surface area contributed by atoms with Crippen LogP contribution in [0.15, 0.2) is 36.4 Å². The standard InChI is InChI=1S/2C10H15.Mg/c2*1-4-8(2)10-7-5-6-9(10)3;/h2*5-8H,4H2,1-3H3;/q2*-1;+2. The maximum Gasteiger partial charge on any atom is 2.00 e. The summed E-state index contributed by atoms with van der Waals surface area (Å²) >= 11 is 0. The number of hydrogen-bond acceptors (Lipinski definition) is 0. The Balaban J connectivity index is 0.000000364. The van der Waals surface area contributed by atoms with Crippen molar-refractivity contribution in [3.63, 3.8) is 0 Å². The maximum atomic E-state index is 2.28. The van der Waals surface area contributed by atoms with Gasteiger partial charge in [0.1, 0.15) is 0 Å². The van der Waals surface area contributed by atoms with E-state index in [4.69, 9.17) is 0 Å². The predicted molar refractivity (Wildman–Crippen MR) is 96.7 cm³/mol. The van der Waals surface area contributed by atoms with Crippen molar-refractivity contribution in [2.24, 2.45) is 0 Å². The van der Waals surface area contributed by atoms with Crippen LogP contribution in [0, 0.1) is 13.8 Å². The molecule has 0 nitrogen and oxygen atoms in total. The van der Waals surface area contributed by atoms with Gasteiger partial charge in [-0.2, -0.15) is 34.4 Å². The zero-order valence-electron chi connectivity index (χ0n) is 14.7. The van der Waals surface area contributed by atoms with Crippen molar-refractivity contribution >= 4 is 23.1 Å². The van der Waals surface area contributed by atoms with Crippen molar-refractivity contribution in [1.82, 2.24) is 0 Å². The average Bonchev–Trinajstić information content (AvgIpc) is 3.06. The van der Waals surface area contributed by atoms with Crippen LogP contribution in [-0.2, 0) is 0 Å². The molecular weight excluding hydrogens is 265 g/mol. The molecule has 0 aliphatic heterocycles. The number of hydrogen-bond donors (Lipinski definition) is 0. The Hall–Kier alpha value is -0.534. The van der Waals surface area contributed by atoms with Crippen molar-refractivity contribution in [2.75, 3.05) is 0 Å². The zero-order valence-corrected chi connectivity index (χ0v) is 16.2. The molecule has 0 saturated heterocycles. The minimum Gasteiger partial charge on any atom is -0.213 e. The summed E-state index contributed by atoms with van der Waals surface area (Å²) in [4.78, 5) is 0. The van der Waals surface area contributed by atoms with Crippen LogP contribution in [0.5, 0.6) is 0 Å². The zero-order chi connectivity index (χ0) is 15.1. The Morgan fingerprint density at radius 3 is 1.33 bits per heavy atom. The van der Waals surface area contributed by atoms with Crippen LogP contribution in [0.25, 0.3) is 0 Å². The van der Waals surface area contributed by atoms with Crippen molar-refractivity contribution in [3.8, 4) is 0 Å². The first-order chi connectivity index (χ1) is 9.51. The van der Waals surface area contributed by atoms with Gasteiger partial charge >= 0.3 is 23.1 Å². The topological polar surface area (TPSA) is 0 Å². The fourth-order valence-corrected chi connectivity index (χ4v) is 2.59. The quantitative estimate of drug-likeness (QED) is 0.474. The van der Waals surface area contributed by atoms with Gasteiger partial charge in [0.15, 0.2) is 0 Å². The summed E-state index contributed by atoms with van der Waals surface area (Å²) in [7, 11) is 0. The Morgan fingerprint density at radius 2 is 1.14 bits per heavy atom. The fourth-order valence-electron chi connectivity index (χ4n) is 2.59. The van der Waals surface area contributed by atoms with E-state index in [-0.39, 0.29) is 23.1 Å². The van der Waals surface area contributed by atoms with E-state index in [1.165, 1.54) is 35.1 Å². The Labute approximate surface area is 147 Å². The van der Waals surface area contributed by atoms with Crippen molar-refractivity contribution in [2.45, 2.75) is 66.2 Å². The molecule has 0 amide bonds. The van der Waals surface area contributed by atoms with E-state index in [1.807, 2.05) is 0 Å². The molecule has 0 N–H and O–H groups in total. The molecule has 2 aromatic rings. The summed E-state index contributed by atoms with van der Waals surface area (Å²) in [5, 5.41) is 0. The van der Waals surface area contributed by atoms with Gasteiger partial charge in [0, 0.05) is 0 Å². The molecule has 2 atom stereocenters. The average molecular weight is 295 g/mol. The molecule has 2 rings (SSSR count). The van der Waals surface area contributed by atoms with Crippen LogP contribution in [-0.4, -0.2) is 23.1 Å². The van der Waals surface area contributed by atoms with E-state index in [2.05, 4.69) is 77.9 Å². The molecule has 0 aliphatic rings. The summed E-state index contributed by atoms with van der Waals surface area (Å²) in [5.41, 5.74) is 5.91. The van der Waals surface area contributed by atoms with Crippen LogP contribution in [0.2, 0.25) is 0 Å². The molecule has 0 radical (unpaired) electrons. The Kier molecular flexibility index (Phi) is 9.98. The van der Waals surface area contributed by atoms with Gasteiger partial charge in [-0.05, 0) is 11.8 Å². The summed E-state index contributed by atoms with van der Waals surface area (Å²) in [6.45, 7) is 13.4. The van der Waals surface area contributed by atoms with E-state index in [0.717, 1.165) is 11.8 Å². The first-order valence-electron chi connectivity index (χ1n) is 7.95.